The quantitative estimate of drug-likeness (QED) is 0.874. The minimum absolute atomic E-state index is 0.0958. The molecule has 1 heterocycles. The van der Waals surface area contributed by atoms with Gasteiger partial charge < -0.3 is 15.1 Å². The van der Waals surface area contributed by atoms with Crippen LogP contribution in [0, 0.1) is 5.82 Å². The number of hydrogen-bond acceptors (Lipinski definition) is 3. The third-order valence-corrected chi connectivity index (χ3v) is 3.82. The Morgan fingerprint density at radius 1 is 1.26 bits per heavy atom. The van der Waals surface area contributed by atoms with Gasteiger partial charge >= 0.3 is 0 Å². The van der Waals surface area contributed by atoms with Crippen molar-refractivity contribution < 1.29 is 4.39 Å². The van der Waals surface area contributed by atoms with Crippen molar-refractivity contribution in [2.45, 2.75) is 12.5 Å². The van der Waals surface area contributed by atoms with E-state index in [0.29, 0.717) is 0 Å². The molecule has 1 atom stereocenters. The van der Waals surface area contributed by atoms with Crippen molar-refractivity contribution in [3.63, 3.8) is 0 Å². The van der Waals surface area contributed by atoms with Gasteiger partial charge in [0.05, 0.1) is 0 Å². The van der Waals surface area contributed by atoms with Crippen LogP contribution in [0.4, 0.5) is 4.39 Å². The highest BCUT2D eigenvalue weighted by atomic mass is 19.1. The van der Waals surface area contributed by atoms with Crippen molar-refractivity contribution in [2.75, 3.05) is 46.8 Å². The molecule has 0 saturated carbocycles. The second kappa shape index (κ2) is 6.98. The average Bonchev–Trinajstić information content (AvgIpc) is 2.42. The normalized spacial score (nSPS) is 18.7. The second-order valence-electron chi connectivity index (χ2n) is 5.38. The summed E-state index contributed by atoms with van der Waals surface area (Å²) in [5.41, 5.74) is 0.808. The minimum Gasteiger partial charge on any atom is -0.314 e. The predicted molar refractivity (Wildman–Crippen MR) is 76.8 cm³/mol. The molecule has 1 N–H and O–H groups in total. The second-order valence-corrected chi connectivity index (χ2v) is 5.38. The lowest BCUT2D eigenvalue weighted by Crippen LogP contribution is -2.44. The van der Waals surface area contributed by atoms with Crippen molar-refractivity contribution in [1.29, 1.82) is 0 Å². The number of piperazine rings is 1. The van der Waals surface area contributed by atoms with Crippen molar-refractivity contribution in [1.82, 2.24) is 15.1 Å². The molecule has 106 valence electrons. The van der Waals surface area contributed by atoms with Gasteiger partial charge in [-0.05, 0) is 26.6 Å². The fraction of sp³-hybridized carbons (Fsp3) is 0.600. The van der Waals surface area contributed by atoms with E-state index in [2.05, 4.69) is 15.1 Å². The van der Waals surface area contributed by atoms with Gasteiger partial charge in [-0.15, -0.1) is 0 Å². The number of hydrogen-bond donors (Lipinski definition) is 1. The zero-order chi connectivity index (χ0) is 13.7. The summed E-state index contributed by atoms with van der Waals surface area (Å²) in [4.78, 5) is 4.56. The van der Waals surface area contributed by atoms with Crippen LogP contribution in [0.5, 0.6) is 0 Å². The van der Waals surface area contributed by atoms with Crippen molar-refractivity contribution in [3.05, 3.63) is 35.6 Å². The number of nitrogens with zero attached hydrogens (tertiary/aromatic N) is 2. The van der Waals surface area contributed by atoms with Gasteiger partial charge in [0.25, 0.3) is 0 Å². The van der Waals surface area contributed by atoms with Gasteiger partial charge in [-0.3, -0.25) is 0 Å². The van der Waals surface area contributed by atoms with E-state index < -0.39 is 0 Å². The zero-order valence-electron chi connectivity index (χ0n) is 11.9. The summed E-state index contributed by atoms with van der Waals surface area (Å²) in [7, 11) is 4.05. The Bertz CT molecular complexity index is 389. The zero-order valence-corrected chi connectivity index (χ0v) is 11.9. The Labute approximate surface area is 115 Å². The molecule has 0 aliphatic carbocycles. The van der Waals surface area contributed by atoms with Gasteiger partial charge in [-0.25, -0.2) is 4.39 Å². The van der Waals surface area contributed by atoms with Crippen LogP contribution in [0.25, 0.3) is 0 Å². The molecule has 0 radical (unpaired) electrons. The molecule has 0 bridgehead atoms. The lowest BCUT2D eigenvalue weighted by Gasteiger charge is -2.31. The van der Waals surface area contributed by atoms with Crippen LogP contribution in [-0.2, 0) is 0 Å². The van der Waals surface area contributed by atoms with Crippen molar-refractivity contribution >= 4 is 0 Å². The van der Waals surface area contributed by atoms with Crippen LogP contribution >= 0.6 is 0 Å². The van der Waals surface area contributed by atoms with Crippen LogP contribution in [0.15, 0.2) is 24.3 Å². The molecular weight excluding hydrogens is 241 g/mol. The summed E-state index contributed by atoms with van der Waals surface area (Å²) < 4.78 is 13.9. The van der Waals surface area contributed by atoms with E-state index >= 15 is 0 Å². The number of nitrogens with one attached hydrogen (secondary N) is 1. The standard InChI is InChI=1S/C15H24FN3/c1-18(2)15(13-5-3-4-6-14(13)16)7-10-19-11-8-17-9-12-19/h3-6,15,17H,7-12H2,1-2H3. The molecule has 19 heavy (non-hydrogen) atoms. The van der Waals surface area contributed by atoms with Crippen molar-refractivity contribution in [2.24, 2.45) is 0 Å². The van der Waals surface area contributed by atoms with E-state index in [9.17, 15) is 4.39 Å². The van der Waals surface area contributed by atoms with Crippen LogP contribution < -0.4 is 5.32 Å². The smallest absolute Gasteiger partial charge is 0.127 e. The van der Waals surface area contributed by atoms with Gasteiger partial charge in [0.2, 0.25) is 0 Å². The maximum absolute atomic E-state index is 13.9. The van der Waals surface area contributed by atoms with Crippen LogP contribution in [-0.4, -0.2) is 56.6 Å². The van der Waals surface area contributed by atoms with E-state index in [1.165, 1.54) is 0 Å². The van der Waals surface area contributed by atoms with Gasteiger partial charge in [0, 0.05) is 44.3 Å². The fourth-order valence-electron chi connectivity index (χ4n) is 2.68. The molecule has 1 aromatic carbocycles. The number of benzene rings is 1. The first kappa shape index (κ1) is 14.4. The molecule has 0 aromatic heterocycles. The topological polar surface area (TPSA) is 18.5 Å². The summed E-state index contributed by atoms with van der Waals surface area (Å²) in [5, 5.41) is 3.35. The van der Waals surface area contributed by atoms with Crippen LogP contribution in [0.3, 0.4) is 0 Å². The number of rotatable bonds is 5. The summed E-state index contributed by atoms with van der Waals surface area (Å²) >= 11 is 0. The Morgan fingerprint density at radius 2 is 1.95 bits per heavy atom. The van der Waals surface area contributed by atoms with E-state index in [1.54, 1.807) is 12.1 Å². The monoisotopic (exact) mass is 265 g/mol. The fourth-order valence-corrected chi connectivity index (χ4v) is 2.68. The van der Waals surface area contributed by atoms with Crippen LogP contribution in [0.1, 0.15) is 18.0 Å². The largest absolute Gasteiger partial charge is 0.314 e. The van der Waals surface area contributed by atoms with Crippen molar-refractivity contribution in [3.8, 4) is 0 Å². The molecule has 0 amide bonds. The Kier molecular flexibility index (Phi) is 5.31. The van der Waals surface area contributed by atoms with E-state index in [1.807, 2.05) is 26.2 Å². The summed E-state index contributed by atoms with van der Waals surface area (Å²) in [6.07, 6.45) is 0.966. The van der Waals surface area contributed by atoms with E-state index in [-0.39, 0.29) is 11.9 Å². The molecule has 1 aliphatic heterocycles. The molecular formula is C15H24FN3. The summed E-state index contributed by atoms with van der Waals surface area (Å²) in [6.45, 7) is 5.34. The van der Waals surface area contributed by atoms with Gasteiger partial charge in [0.15, 0.2) is 0 Å². The lowest BCUT2D eigenvalue weighted by atomic mass is 10.0. The minimum atomic E-state index is -0.0958. The Balaban J connectivity index is 1.98. The van der Waals surface area contributed by atoms with E-state index in [4.69, 9.17) is 0 Å². The summed E-state index contributed by atoms with van der Waals surface area (Å²) in [5.74, 6) is -0.0958. The first-order valence-electron chi connectivity index (χ1n) is 7.02. The molecule has 1 fully saturated rings. The molecule has 4 heteroatoms. The average molecular weight is 265 g/mol. The molecule has 1 aromatic rings. The Hall–Kier alpha value is -0.970. The highest BCUT2D eigenvalue weighted by Crippen LogP contribution is 2.24. The molecule has 1 saturated heterocycles. The van der Waals surface area contributed by atoms with Gasteiger partial charge in [0.1, 0.15) is 5.82 Å². The van der Waals surface area contributed by atoms with Crippen LogP contribution in [0.2, 0.25) is 0 Å². The molecule has 1 unspecified atom stereocenters. The molecule has 2 rings (SSSR count). The SMILES string of the molecule is CN(C)C(CCN1CCNCC1)c1ccccc1F. The maximum atomic E-state index is 13.9. The highest BCUT2D eigenvalue weighted by Gasteiger charge is 2.19. The first-order chi connectivity index (χ1) is 9.18. The molecule has 1 aliphatic rings. The molecule has 0 spiro atoms. The third kappa shape index (κ3) is 4.00. The highest BCUT2D eigenvalue weighted by molar-refractivity contribution is 5.21. The third-order valence-electron chi connectivity index (χ3n) is 3.82. The Morgan fingerprint density at radius 3 is 2.58 bits per heavy atom. The predicted octanol–water partition coefficient (Wildman–Crippen LogP) is 1.72. The summed E-state index contributed by atoms with van der Waals surface area (Å²) in [6, 6.07) is 7.27. The number of halogens is 1. The van der Waals surface area contributed by atoms with Gasteiger partial charge in [-0.1, -0.05) is 18.2 Å². The lowest BCUT2D eigenvalue weighted by molar-refractivity contribution is 0.197. The molecule has 3 nitrogen and oxygen atoms in total. The van der Waals surface area contributed by atoms with Gasteiger partial charge in [-0.2, -0.15) is 0 Å². The van der Waals surface area contributed by atoms with E-state index in [0.717, 1.165) is 44.7 Å². The maximum Gasteiger partial charge on any atom is 0.127 e. The first-order valence-corrected chi connectivity index (χ1v) is 7.02.